The Bertz CT molecular complexity index is 1000. The number of hydrogen-bond acceptors (Lipinski definition) is 6. The topological polar surface area (TPSA) is 84.7 Å². The van der Waals surface area contributed by atoms with Crippen LogP contribution in [0.25, 0.3) is 11.0 Å². The molecule has 3 rings (SSSR count). The molecule has 8 heteroatoms. The van der Waals surface area contributed by atoms with Crippen LogP contribution in [0.1, 0.15) is 42.3 Å². The molecule has 3 amide bonds. The standard InChI is InChI=1S/C21H23N3O4S/c1-3-4-5-6-14-7-9-15(10-8-14)23-21(26)24(29)20(25)18-13-16-17(28-18)11-12-22-19(16)27-2/h7-13,29H,3-6H2,1-2H3,(H,23,26). The number of aromatic nitrogens is 1. The smallest absolute Gasteiger partial charge is 0.339 e. The summed E-state index contributed by atoms with van der Waals surface area (Å²) in [5, 5.41) is 3.20. The zero-order valence-corrected chi connectivity index (χ0v) is 17.2. The predicted octanol–water partition coefficient (Wildman–Crippen LogP) is 5.09. The average Bonchev–Trinajstić information content (AvgIpc) is 3.18. The van der Waals surface area contributed by atoms with Crippen LogP contribution in [0, 0.1) is 0 Å². The fourth-order valence-corrected chi connectivity index (χ4v) is 3.06. The molecule has 2 heterocycles. The van der Waals surface area contributed by atoms with E-state index in [2.05, 4.69) is 30.0 Å². The van der Waals surface area contributed by atoms with Crippen molar-refractivity contribution < 1.29 is 18.7 Å². The van der Waals surface area contributed by atoms with E-state index in [1.54, 1.807) is 6.07 Å². The Balaban J connectivity index is 1.66. The highest BCUT2D eigenvalue weighted by atomic mass is 32.1. The number of pyridine rings is 1. The van der Waals surface area contributed by atoms with E-state index in [1.165, 1.54) is 37.8 Å². The highest BCUT2D eigenvalue weighted by molar-refractivity contribution is 7.79. The average molecular weight is 413 g/mol. The molecule has 0 bridgehead atoms. The molecule has 29 heavy (non-hydrogen) atoms. The van der Waals surface area contributed by atoms with Gasteiger partial charge in [0.05, 0.1) is 12.5 Å². The summed E-state index contributed by atoms with van der Waals surface area (Å²) in [6.07, 6.45) is 6.02. The van der Waals surface area contributed by atoms with Gasteiger partial charge in [0.25, 0.3) is 0 Å². The number of hydrogen-bond donors (Lipinski definition) is 2. The molecule has 0 saturated carbocycles. The number of benzene rings is 1. The number of nitrogens with one attached hydrogen (secondary N) is 1. The van der Waals surface area contributed by atoms with E-state index in [9.17, 15) is 9.59 Å². The number of unbranched alkanes of at least 4 members (excludes halogenated alkanes) is 2. The van der Waals surface area contributed by atoms with Crippen molar-refractivity contribution in [3.63, 3.8) is 0 Å². The van der Waals surface area contributed by atoms with Crippen molar-refractivity contribution in [2.75, 3.05) is 12.4 Å². The number of amides is 3. The van der Waals surface area contributed by atoms with Crippen LogP contribution in [0.5, 0.6) is 5.88 Å². The third-order valence-electron chi connectivity index (χ3n) is 4.47. The lowest BCUT2D eigenvalue weighted by atomic mass is 10.1. The fraction of sp³-hybridized carbons (Fsp3) is 0.286. The summed E-state index contributed by atoms with van der Waals surface area (Å²) in [6.45, 7) is 2.17. The lowest BCUT2D eigenvalue weighted by Gasteiger charge is -2.13. The molecule has 0 unspecified atom stereocenters. The Morgan fingerprint density at radius 2 is 1.97 bits per heavy atom. The lowest BCUT2D eigenvalue weighted by Crippen LogP contribution is -2.32. The highest BCUT2D eigenvalue weighted by Gasteiger charge is 2.24. The van der Waals surface area contributed by atoms with E-state index >= 15 is 0 Å². The molecule has 0 aliphatic heterocycles. The summed E-state index contributed by atoms with van der Waals surface area (Å²) < 4.78 is 11.3. The number of rotatable bonds is 7. The van der Waals surface area contributed by atoms with Gasteiger partial charge >= 0.3 is 11.9 Å². The SMILES string of the molecule is CCCCCc1ccc(NC(=O)N(S)C(=O)c2cc3c(OC)nccc3o2)cc1. The molecule has 0 aliphatic rings. The molecule has 0 radical (unpaired) electrons. The van der Waals surface area contributed by atoms with Gasteiger partial charge in [-0.2, -0.15) is 0 Å². The van der Waals surface area contributed by atoms with Gasteiger partial charge in [-0.25, -0.2) is 14.1 Å². The molecule has 1 N–H and O–H groups in total. The van der Waals surface area contributed by atoms with Gasteiger partial charge in [0.2, 0.25) is 5.88 Å². The van der Waals surface area contributed by atoms with E-state index in [0.717, 1.165) is 12.8 Å². The second-order valence-electron chi connectivity index (χ2n) is 6.54. The first-order valence-electron chi connectivity index (χ1n) is 9.39. The van der Waals surface area contributed by atoms with Crippen molar-refractivity contribution in [1.82, 2.24) is 9.29 Å². The second-order valence-corrected chi connectivity index (χ2v) is 6.94. The van der Waals surface area contributed by atoms with Crippen LogP contribution in [0.2, 0.25) is 0 Å². The van der Waals surface area contributed by atoms with Gasteiger partial charge in [0.1, 0.15) is 5.58 Å². The number of furan rings is 1. The summed E-state index contributed by atoms with van der Waals surface area (Å²) in [7, 11) is 1.48. The van der Waals surface area contributed by atoms with E-state index in [1.807, 2.05) is 24.3 Å². The van der Waals surface area contributed by atoms with Gasteiger partial charge in [-0.15, -0.1) is 0 Å². The van der Waals surface area contributed by atoms with Crippen molar-refractivity contribution in [3.05, 3.63) is 53.9 Å². The number of carbonyl (C=O) groups is 2. The molecule has 0 aliphatic carbocycles. The number of carbonyl (C=O) groups excluding carboxylic acids is 2. The number of aryl methyl sites for hydroxylation is 1. The Labute approximate surface area is 174 Å². The minimum Gasteiger partial charge on any atom is -0.480 e. The molecule has 3 aromatic rings. The normalized spacial score (nSPS) is 10.7. The van der Waals surface area contributed by atoms with Gasteiger partial charge in [-0.3, -0.25) is 4.79 Å². The summed E-state index contributed by atoms with van der Waals surface area (Å²) >= 11 is 4.03. The molecule has 7 nitrogen and oxygen atoms in total. The van der Waals surface area contributed by atoms with Crippen molar-refractivity contribution in [1.29, 1.82) is 0 Å². The van der Waals surface area contributed by atoms with Crippen LogP contribution in [-0.2, 0) is 6.42 Å². The molecule has 152 valence electrons. The van der Waals surface area contributed by atoms with Crippen molar-refractivity contribution in [2.24, 2.45) is 0 Å². The molecule has 0 atom stereocenters. The van der Waals surface area contributed by atoms with Crippen molar-refractivity contribution in [3.8, 4) is 5.88 Å². The first-order valence-corrected chi connectivity index (χ1v) is 9.79. The first-order chi connectivity index (χ1) is 14.0. The number of imide groups is 1. The maximum atomic E-state index is 12.6. The summed E-state index contributed by atoms with van der Waals surface area (Å²) in [5.74, 6) is -0.400. The number of nitrogens with zero attached hydrogens (tertiary/aromatic N) is 2. The zero-order chi connectivity index (χ0) is 20.8. The molecule has 0 saturated heterocycles. The molecule has 0 spiro atoms. The number of methoxy groups -OCH3 is 1. The number of anilines is 1. The van der Waals surface area contributed by atoms with Gasteiger partial charge in [-0.1, -0.05) is 44.7 Å². The molecular formula is C21H23N3O4S. The minimum absolute atomic E-state index is 0.0391. The fourth-order valence-electron chi connectivity index (χ4n) is 2.91. The maximum Gasteiger partial charge on any atom is 0.339 e. The van der Waals surface area contributed by atoms with Gasteiger partial charge in [0, 0.05) is 24.0 Å². The van der Waals surface area contributed by atoms with E-state index in [4.69, 9.17) is 9.15 Å². The summed E-state index contributed by atoms with van der Waals surface area (Å²) in [6, 6.07) is 9.96. The van der Waals surface area contributed by atoms with E-state index < -0.39 is 11.9 Å². The maximum absolute atomic E-state index is 12.6. The van der Waals surface area contributed by atoms with Gasteiger partial charge < -0.3 is 14.5 Å². The predicted molar refractivity (Wildman–Crippen MR) is 114 cm³/mol. The monoisotopic (exact) mass is 413 g/mol. The number of urea groups is 1. The number of ether oxygens (including phenoxy) is 1. The van der Waals surface area contributed by atoms with Crippen molar-refractivity contribution >= 4 is 41.4 Å². The Morgan fingerprint density at radius 1 is 1.21 bits per heavy atom. The van der Waals surface area contributed by atoms with Crippen LogP contribution in [0.3, 0.4) is 0 Å². The molecule has 2 aromatic heterocycles. The van der Waals surface area contributed by atoms with Crippen LogP contribution in [-0.4, -0.2) is 28.3 Å². The van der Waals surface area contributed by atoms with E-state index in [0.29, 0.717) is 26.8 Å². The zero-order valence-electron chi connectivity index (χ0n) is 16.3. The van der Waals surface area contributed by atoms with Crippen LogP contribution in [0.15, 0.2) is 47.0 Å². The third kappa shape index (κ3) is 4.89. The Morgan fingerprint density at radius 3 is 2.66 bits per heavy atom. The third-order valence-corrected chi connectivity index (χ3v) is 4.84. The largest absolute Gasteiger partial charge is 0.480 e. The summed E-state index contributed by atoms with van der Waals surface area (Å²) in [4.78, 5) is 29.0. The van der Waals surface area contributed by atoms with Crippen LogP contribution in [0.4, 0.5) is 10.5 Å². The minimum atomic E-state index is -0.694. The van der Waals surface area contributed by atoms with Crippen LogP contribution >= 0.6 is 12.8 Å². The highest BCUT2D eigenvalue weighted by Crippen LogP contribution is 2.27. The summed E-state index contributed by atoms with van der Waals surface area (Å²) in [5.41, 5.74) is 2.22. The van der Waals surface area contributed by atoms with Crippen molar-refractivity contribution in [2.45, 2.75) is 32.6 Å². The Hall–Kier alpha value is -3.00. The van der Waals surface area contributed by atoms with Gasteiger partial charge in [-0.05, 0) is 30.5 Å². The number of thiol groups is 1. The number of fused-ring (bicyclic) bond motifs is 1. The molecule has 0 fully saturated rings. The quantitative estimate of drug-likeness (QED) is 0.416. The molecule has 1 aromatic carbocycles. The van der Waals surface area contributed by atoms with Crippen LogP contribution < -0.4 is 10.1 Å². The first kappa shape index (κ1) is 20.7. The Kier molecular flexibility index (Phi) is 6.77. The lowest BCUT2D eigenvalue weighted by molar-refractivity contribution is 0.0875. The second kappa shape index (κ2) is 9.47. The van der Waals surface area contributed by atoms with Gasteiger partial charge in [0.15, 0.2) is 5.76 Å². The molecular weight excluding hydrogens is 390 g/mol. The van der Waals surface area contributed by atoms with E-state index in [-0.39, 0.29) is 5.76 Å².